The fourth-order valence-electron chi connectivity index (χ4n) is 0. The summed E-state index contributed by atoms with van der Waals surface area (Å²) in [5.74, 6) is -0.481. The lowest BCUT2D eigenvalue weighted by molar-refractivity contribution is -0.113. The highest BCUT2D eigenvalue weighted by Gasteiger charge is 1.69. The Morgan fingerprint density at radius 3 is 2.40 bits per heavy atom. The van der Waals surface area contributed by atoms with E-state index in [0.717, 1.165) is 6.08 Å². The van der Waals surface area contributed by atoms with Gasteiger partial charge >= 0.3 is 1.43 Å². The molecule has 0 fully saturated rings. The van der Waals surface area contributed by atoms with Crippen molar-refractivity contribution in [2.75, 3.05) is 0 Å². The number of carbonyl (C=O) groups excluding carboxylic acids is 1. The molecule has 0 spiro atoms. The van der Waals surface area contributed by atoms with Gasteiger partial charge in [-0.25, -0.2) is 0 Å². The molecule has 2 N–H and O–H groups in total. The summed E-state index contributed by atoms with van der Waals surface area (Å²) in [4.78, 5) is 9.47. The average Bonchev–Trinajstić information content (AvgIpc) is 1.38. The molecule has 0 aromatic carbocycles. The van der Waals surface area contributed by atoms with Crippen molar-refractivity contribution in [3.05, 3.63) is 12.7 Å². The summed E-state index contributed by atoms with van der Waals surface area (Å²) >= 11 is 0. The Morgan fingerprint density at radius 1 is 2.20 bits per heavy atom. The van der Waals surface area contributed by atoms with Crippen molar-refractivity contribution < 1.29 is 6.22 Å². The van der Waals surface area contributed by atoms with Crippen LogP contribution in [0, 0.1) is 0 Å². The second-order valence-corrected chi connectivity index (χ2v) is 0.606. The van der Waals surface area contributed by atoms with E-state index in [1.807, 2.05) is 0 Å². The van der Waals surface area contributed by atoms with Gasteiger partial charge in [0.2, 0.25) is 5.91 Å². The zero-order chi connectivity index (χ0) is 4.28. The molecular formula is C3H6NO+. The fraction of sp³-hybridized carbons (Fsp3) is 0. The van der Waals surface area contributed by atoms with Crippen LogP contribution in [0.25, 0.3) is 0 Å². The molecule has 0 aromatic rings. The Bertz CT molecular complexity index is 61.8. The standard InChI is InChI=1S/C3H5NO/c1-2-3(4)5/h2H,1H2,(H2,4,5)/p+1. The number of hydrogen-bond acceptors (Lipinski definition) is 1. The third kappa shape index (κ3) is 3.21. The highest BCUT2D eigenvalue weighted by molar-refractivity contribution is 5.84. The second-order valence-electron chi connectivity index (χ2n) is 0.606. The summed E-state index contributed by atoms with van der Waals surface area (Å²) in [6.45, 7) is 3.09. The molecule has 2 heteroatoms. The lowest BCUT2D eigenvalue weighted by Gasteiger charge is -1.65. The average molecular weight is 72.1 g/mol. The number of nitrogens with two attached hydrogens (primary N) is 1. The van der Waals surface area contributed by atoms with Gasteiger partial charge in [0.15, 0.2) is 0 Å². The van der Waals surface area contributed by atoms with Gasteiger partial charge in [0.25, 0.3) is 0 Å². The molecule has 0 aliphatic rings. The molecule has 0 rings (SSSR count). The third-order valence-corrected chi connectivity index (χ3v) is 0.201. The van der Waals surface area contributed by atoms with Crippen LogP contribution in [-0.4, -0.2) is 5.91 Å². The number of carbonyl (C=O) groups is 1. The van der Waals surface area contributed by atoms with Crippen molar-refractivity contribution >= 4 is 5.91 Å². The minimum atomic E-state index is -0.481. The predicted molar refractivity (Wildman–Crippen MR) is 20.5 cm³/mol. The van der Waals surface area contributed by atoms with Gasteiger partial charge in [0.1, 0.15) is 0 Å². The first-order chi connectivity index (χ1) is 2.27. The van der Waals surface area contributed by atoms with E-state index >= 15 is 0 Å². The van der Waals surface area contributed by atoms with E-state index in [1.165, 1.54) is 0 Å². The van der Waals surface area contributed by atoms with E-state index in [4.69, 9.17) is 0 Å². The van der Waals surface area contributed by atoms with Gasteiger partial charge < -0.3 is 5.73 Å². The molecule has 0 aromatic heterocycles. The molecule has 0 unspecified atom stereocenters. The Kier molecular flexibility index (Phi) is 1.28. The zero-order valence-electron chi connectivity index (χ0n) is 3.77. The highest BCUT2D eigenvalue weighted by atomic mass is 16.1. The van der Waals surface area contributed by atoms with E-state index in [0.29, 0.717) is 0 Å². The van der Waals surface area contributed by atoms with Crippen LogP contribution in [0.5, 0.6) is 0 Å². The van der Waals surface area contributed by atoms with Crippen LogP contribution in [0.1, 0.15) is 1.43 Å². The molecule has 0 radical (unpaired) electrons. The summed E-state index contributed by atoms with van der Waals surface area (Å²) in [6.07, 6.45) is 1.06. The van der Waals surface area contributed by atoms with Crippen molar-refractivity contribution in [1.29, 1.82) is 0 Å². The van der Waals surface area contributed by atoms with E-state index in [-0.39, 0.29) is 1.43 Å². The van der Waals surface area contributed by atoms with E-state index in [9.17, 15) is 4.79 Å². The van der Waals surface area contributed by atoms with Crippen molar-refractivity contribution in [3.8, 4) is 0 Å². The Balaban J connectivity index is 0. The van der Waals surface area contributed by atoms with Gasteiger partial charge in [-0.05, 0) is 6.08 Å². The molecule has 0 aliphatic heterocycles. The summed E-state index contributed by atoms with van der Waals surface area (Å²) in [5, 5.41) is 0. The molecule has 0 aliphatic carbocycles. The number of primary amides is 1. The van der Waals surface area contributed by atoms with Gasteiger partial charge in [-0.1, -0.05) is 6.58 Å². The normalized spacial score (nSPS) is 6.40. The first-order valence-corrected chi connectivity index (χ1v) is 1.19. The van der Waals surface area contributed by atoms with Gasteiger partial charge in [-0.2, -0.15) is 0 Å². The van der Waals surface area contributed by atoms with Crippen LogP contribution in [0.4, 0.5) is 0 Å². The maximum atomic E-state index is 9.47. The predicted octanol–water partition coefficient (Wildman–Crippen LogP) is -0.230. The Labute approximate surface area is 31.8 Å². The number of rotatable bonds is 1. The lowest BCUT2D eigenvalue weighted by Crippen LogP contribution is -2.04. The van der Waals surface area contributed by atoms with E-state index in [2.05, 4.69) is 12.3 Å². The molecule has 1 amide bonds. The first-order valence-electron chi connectivity index (χ1n) is 1.19. The molecule has 0 saturated heterocycles. The molecule has 0 bridgehead atoms. The topological polar surface area (TPSA) is 43.1 Å². The van der Waals surface area contributed by atoms with Gasteiger partial charge in [0, 0.05) is 0 Å². The smallest absolute Gasteiger partial charge is 0.366 e. The third-order valence-electron chi connectivity index (χ3n) is 0.201. The molecule has 0 atom stereocenters. The van der Waals surface area contributed by atoms with E-state index in [1.54, 1.807) is 0 Å². The van der Waals surface area contributed by atoms with Crippen LogP contribution in [-0.2, 0) is 4.79 Å². The maximum Gasteiger partial charge on any atom is 1.00 e. The summed E-state index contributed by atoms with van der Waals surface area (Å²) in [5.41, 5.74) is 4.53. The zero-order valence-corrected chi connectivity index (χ0v) is 2.77. The van der Waals surface area contributed by atoms with Crippen LogP contribution in [0.3, 0.4) is 0 Å². The van der Waals surface area contributed by atoms with Crippen molar-refractivity contribution in [2.45, 2.75) is 0 Å². The summed E-state index contributed by atoms with van der Waals surface area (Å²) in [7, 11) is 0. The maximum absolute atomic E-state index is 9.47. The Hall–Kier alpha value is -0.790. The van der Waals surface area contributed by atoms with E-state index < -0.39 is 5.91 Å². The molecule has 2 nitrogen and oxygen atoms in total. The van der Waals surface area contributed by atoms with Gasteiger partial charge in [-0.3, -0.25) is 4.79 Å². The molecule has 5 heavy (non-hydrogen) atoms. The lowest BCUT2D eigenvalue weighted by atomic mass is 10.6. The van der Waals surface area contributed by atoms with Crippen LogP contribution in [0.15, 0.2) is 12.7 Å². The Morgan fingerprint density at radius 2 is 2.40 bits per heavy atom. The van der Waals surface area contributed by atoms with Crippen molar-refractivity contribution in [1.82, 2.24) is 0 Å². The van der Waals surface area contributed by atoms with Gasteiger partial charge in [-0.15, -0.1) is 0 Å². The van der Waals surface area contributed by atoms with Crippen molar-refractivity contribution in [2.24, 2.45) is 5.73 Å². The SMILES string of the molecule is C=CC(N)=O.[H+]. The van der Waals surface area contributed by atoms with Crippen LogP contribution >= 0.6 is 0 Å². The fourth-order valence-corrected chi connectivity index (χ4v) is 0. The molecule has 0 heterocycles. The second kappa shape index (κ2) is 1.52. The molecule has 28 valence electrons. The first kappa shape index (κ1) is 4.21. The largest absolute Gasteiger partial charge is 1.00 e. The minimum Gasteiger partial charge on any atom is -0.366 e. The van der Waals surface area contributed by atoms with Crippen molar-refractivity contribution in [3.63, 3.8) is 0 Å². The minimum absolute atomic E-state index is 0. The van der Waals surface area contributed by atoms with Crippen LogP contribution in [0.2, 0.25) is 0 Å². The molecular weight excluding hydrogens is 66.0 g/mol. The number of amides is 1. The summed E-state index contributed by atoms with van der Waals surface area (Å²) in [6, 6.07) is 0. The monoisotopic (exact) mass is 72.0 g/mol. The quantitative estimate of drug-likeness (QED) is 0.427. The highest BCUT2D eigenvalue weighted by Crippen LogP contribution is 1.48. The van der Waals surface area contributed by atoms with Crippen LogP contribution < -0.4 is 5.73 Å². The summed E-state index contributed by atoms with van der Waals surface area (Å²) < 4.78 is 0. The molecule has 0 saturated carbocycles. The number of hydrogen-bond donors (Lipinski definition) is 1. The van der Waals surface area contributed by atoms with Gasteiger partial charge in [0.05, 0.1) is 0 Å².